The Labute approximate surface area is 91.9 Å². The van der Waals surface area contributed by atoms with E-state index in [1.54, 1.807) is 11.3 Å². The molecule has 1 nitrogen and oxygen atoms in total. The minimum Gasteiger partial charge on any atom is -0.392 e. The summed E-state index contributed by atoms with van der Waals surface area (Å²) in [6.45, 7) is 2.10. The summed E-state index contributed by atoms with van der Waals surface area (Å²) in [5.41, 5.74) is 3.22. The first-order valence-corrected chi connectivity index (χ1v) is 5.84. The Balaban J connectivity index is 2.82. The number of fused-ring (bicyclic) bond motifs is 1. The van der Waals surface area contributed by atoms with Crippen molar-refractivity contribution in [3.63, 3.8) is 0 Å². The van der Waals surface area contributed by atoms with Gasteiger partial charge in [-0.25, -0.2) is 0 Å². The van der Waals surface area contributed by atoms with Crippen molar-refractivity contribution in [1.82, 2.24) is 0 Å². The minimum absolute atomic E-state index is 0.0664. The second-order valence-corrected chi connectivity index (χ2v) is 4.49. The molecule has 0 aliphatic carbocycles. The third-order valence-electron chi connectivity index (χ3n) is 2.50. The van der Waals surface area contributed by atoms with Crippen LogP contribution in [0.5, 0.6) is 0 Å². The number of hydrogen-bond donors (Lipinski definition) is 1. The molecule has 3 heteroatoms. The van der Waals surface area contributed by atoms with Crippen molar-refractivity contribution in [2.45, 2.75) is 19.4 Å². The zero-order valence-electron chi connectivity index (χ0n) is 7.88. The lowest BCUT2D eigenvalue weighted by molar-refractivity contribution is 0.282. The fourth-order valence-electron chi connectivity index (χ4n) is 1.73. The minimum atomic E-state index is 0.0664. The molecule has 0 atom stereocenters. The molecule has 74 valence electrons. The van der Waals surface area contributed by atoms with Crippen molar-refractivity contribution in [1.29, 1.82) is 0 Å². The summed E-state index contributed by atoms with van der Waals surface area (Å²) >= 11 is 7.57. The molecule has 0 spiro atoms. The molecule has 2 rings (SSSR count). The molecule has 0 unspecified atom stereocenters. The van der Waals surface area contributed by atoms with E-state index in [-0.39, 0.29) is 6.61 Å². The van der Waals surface area contributed by atoms with Crippen molar-refractivity contribution in [2.75, 3.05) is 0 Å². The Morgan fingerprint density at radius 3 is 2.86 bits per heavy atom. The Hall–Kier alpha value is -0.570. The van der Waals surface area contributed by atoms with Crippen LogP contribution in [0.25, 0.3) is 10.1 Å². The van der Waals surface area contributed by atoms with Gasteiger partial charge in [-0.15, -0.1) is 22.9 Å². The van der Waals surface area contributed by atoms with Gasteiger partial charge in [-0.05, 0) is 46.5 Å². The summed E-state index contributed by atoms with van der Waals surface area (Å²) in [6, 6.07) is 4.18. The third-order valence-corrected chi connectivity index (χ3v) is 3.63. The average Bonchev–Trinajstić information content (AvgIpc) is 2.62. The topological polar surface area (TPSA) is 20.2 Å². The second-order valence-electron chi connectivity index (χ2n) is 3.27. The number of hydrogen-bond acceptors (Lipinski definition) is 2. The maximum absolute atomic E-state index is 9.34. The van der Waals surface area contributed by atoms with E-state index in [9.17, 15) is 5.11 Å². The summed E-state index contributed by atoms with van der Waals surface area (Å²) in [5, 5.41) is 12.5. The normalized spacial score (nSPS) is 11.1. The number of alkyl halides is 1. The molecule has 1 N–H and O–H groups in total. The number of aliphatic hydroxyl groups excluding tert-OH is 1. The lowest BCUT2D eigenvalue weighted by Gasteiger charge is -2.09. The Bertz CT molecular complexity index is 462. The zero-order valence-corrected chi connectivity index (χ0v) is 9.45. The second kappa shape index (κ2) is 3.89. The standard InChI is InChI=1S/C11H11ClOS/c1-7-4-11-8(2-3-14-11)10(6-13)9(7)5-12/h2-4,13H,5-6H2,1H3. The molecule has 1 aromatic heterocycles. The van der Waals surface area contributed by atoms with Crippen LogP contribution >= 0.6 is 22.9 Å². The first-order valence-electron chi connectivity index (χ1n) is 4.43. The molecule has 14 heavy (non-hydrogen) atoms. The highest BCUT2D eigenvalue weighted by molar-refractivity contribution is 7.17. The average molecular weight is 227 g/mol. The van der Waals surface area contributed by atoms with Crippen LogP contribution in [0.3, 0.4) is 0 Å². The van der Waals surface area contributed by atoms with Crippen molar-refractivity contribution >= 4 is 33.0 Å². The molecule has 0 fully saturated rings. The molecular weight excluding hydrogens is 216 g/mol. The molecule has 0 radical (unpaired) electrons. The van der Waals surface area contributed by atoms with E-state index in [4.69, 9.17) is 11.6 Å². The number of rotatable bonds is 2. The van der Waals surface area contributed by atoms with Crippen LogP contribution < -0.4 is 0 Å². The maximum Gasteiger partial charge on any atom is 0.0691 e. The number of aliphatic hydroxyl groups is 1. The van der Waals surface area contributed by atoms with Gasteiger partial charge in [0, 0.05) is 10.6 Å². The predicted molar refractivity (Wildman–Crippen MR) is 62.0 cm³/mol. The lowest BCUT2D eigenvalue weighted by atomic mass is 10.0. The van der Waals surface area contributed by atoms with Gasteiger partial charge in [0.2, 0.25) is 0 Å². The zero-order chi connectivity index (χ0) is 10.1. The van der Waals surface area contributed by atoms with E-state index in [0.717, 1.165) is 16.5 Å². The van der Waals surface area contributed by atoms with Gasteiger partial charge in [-0.3, -0.25) is 0 Å². The molecule has 0 saturated heterocycles. The van der Waals surface area contributed by atoms with E-state index in [2.05, 4.69) is 6.07 Å². The van der Waals surface area contributed by atoms with E-state index in [0.29, 0.717) is 5.88 Å². The predicted octanol–water partition coefficient (Wildman–Crippen LogP) is 3.44. The van der Waals surface area contributed by atoms with E-state index >= 15 is 0 Å². The van der Waals surface area contributed by atoms with E-state index < -0.39 is 0 Å². The Kier molecular flexibility index (Phi) is 2.77. The highest BCUT2D eigenvalue weighted by Gasteiger charge is 2.09. The molecule has 0 aliphatic heterocycles. The van der Waals surface area contributed by atoms with Crippen LogP contribution in [0.2, 0.25) is 0 Å². The first-order chi connectivity index (χ1) is 6.77. The van der Waals surface area contributed by atoms with E-state index in [1.165, 1.54) is 10.3 Å². The van der Waals surface area contributed by atoms with E-state index in [1.807, 2.05) is 18.4 Å². The summed E-state index contributed by atoms with van der Waals surface area (Å²) in [5.74, 6) is 0.466. The van der Waals surface area contributed by atoms with Crippen molar-refractivity contribution in [3.05, 3.63) is 34.2 Å². The van der Waals surface area contributed by atoms with Crippen LogP contribution in [0.15, 0.2) is 17.5 Å². The van der Waals surface area contributed by atoms with Crippen LogP contribution in [0.1, 0.15) is 16.7 Å². The van der Waals surface area contributed by atoms with Crippen LogP contribution in [-0.2, 0) is 12.5 Å². The Morgan fingerprint density at radius 2 is 2.21 bits per heavy atom. The fraction of sp³-hybridized carbons (Fsp3) is 0.273. The number of aryl methyl sites for hydroxylation is 1. The van der Waals surface area contributed by atoms with Gasteiger partial charge < -0.3 is 5.11 Å². The fourth-order valence-corrected chi connectivity index (χ4v) is 3.02. The number of halogens is 1. The lowest BCUT2D eigenvalue weighted by Crippen LogP contribution is -1.95. The van der Waals surface area contributed by atoms with Crippen molar-refractivity contribution in [2.24, 2.45) is 0 Å². The van der Waals surface area contributed by atoms with Gasteiger partial charge in [-0.2, -0.15) is 0 Å². The summed E-state index contributed by atoms with van der Waals surface area (Å²) in [6.07, 6.45) is 0. The Morgan fingerprint density at radius 1 is 1.43 bits per heavy atom. The first kappa shape index (κ1) is 9.97. The van der Waals surface area contributed by atoms with Gasteiger partial charge >= 0.3 is 0 Å². The smallest absolute Gasteiger partial charge is 0.0691 e. The molecule has 1 aromatic carbocycles. The van der Waals surface area contributed by atoms with Gasteiger partial charge in [0.25, 0.3) is 0 Å². The van der Waals surface area contributed by atoms with Crippen LogP contribution in [0, 0.1) is 6.92 Å². The summed E-state index contributed by atoms with van der Waals surface area (Å²) in [7, 11) is 0. The van der Waals surface area contributed by atoms with Crippen LogP contribution in [0.4, 0.5) is 0 Å². The molecule has 0 amide bonds. The number of thiophene rings is 1. The third kappa shape index (κ3) is 1.44. The van der Waals surface area contributed by atoms with Crippen molar-refractivity contribution in [3.8, 4) is 0 Å². The largest absolute Gasteiger partial charge is 0.392 e. The highest BCUT2D eigenvalue weighted by atomic mass is 35.5. The highest BCUT2D eigenvalue weighted by Crippen LogP contribution is 2.30. The molecule has 0 aliphatic rings. The van der Waals surface area contributed by atoms with Crippen LogP contribution in [-0.4, -0.2) is 5.11 Å². The molecule has 2 aromatic rings. The van der Waals surface area contributed by atoms with Gasteiger partial charge in [0.15, 0.2) is 0 Å². The molecule has 0 bridgehead atoms. The quantitative estimate of drug-likeness (QED) is 0.778. The maximum atomic E-state index is 9.34. The van der Waals surface area contributed by atoms with Gasteiger partial charge in [-0.1, -0.05) is 0 Å². The van der Waals surface area contributed by atoms with Gasteiger partial charge in [0.05, 0.1) is 6.61 Å². The monoisotopic (exact) mass is 226 g/mol. The van der Waals surface area contributed by atoms with Crippen molar-refractivity contribution < 1.29 is 5.11 Å². The number of benzene rings is 1. The summed E-state index contributed by atoms with van der Waals surface area (Å²) in [4.78, 5) is 0. The van der Waals surface area contributed by atoms with Gasteiger partial charge in [0.1, 0.15) is 0 Å². The molecule has 0 saturated carbocycles. The molecule has 1 heterocycles. The summed E-state index contributed by atoms with van der Waals surface area (Å²) < 4.78 is 1.22. The molecular formula is C11H11ClOS. The SMILES string of the molecule is Cc1cc2sccc2c(CO)c1CCl.